The lowest BCUT2D eigenvalue weighted by molar-refractivity contribution is 0.0964. The molecule has 1 amide bonds. The third-order valence-corrected chi connectivity index (χ3v) is 6.15. The Labute approximate surface area is 213 Å². The van der Waals surface area contributed by atoms with Crippen molar-refractivity contribution >= 4 is 22.6 Å². The van der Waals surface area contributed by atoms with E-state index in [0.29, 0.717) is 71.6 Å². The fourth-order valence-electron chi connectivity index (χ4n) is 4.19. The lowest BCUT2D eigenvalue weighted by atomic mass is 9.97. The van der Waals surface area contributed by atoms with Crippen LogP contribution in [0.1, 0.15) is 42.8 Å². The van der Waals surface area contributed by atoms with Gasteiger partial charge in [-0.05, 0) is 30.3 Å². The molecule has 0 saturated carbocycles. The van der Waals surface area contributed by atoms with Gasteiger partial charge in [0, 0.05) is 42.6 Å². The number of ether oxygens (including phenoxy) is 2. The van der Waals surface area contributed by atoms with Gasteiger partial charge in [-0.2, -0.15) is 4.98 Å². The second-order valence-corrected chi connectivity index (χ2v) is 9.86. The van der Waals surface area contributed by atoms with Crippen LogP contribution in [-0.2, 0) is 16.8 Å². The first-order valence-electron chi connectivity index (χ1n) is 12.1. The third kappa shape index (κ3) is 5.01. The van der Waals surface area contributed by atoms with Gasteiger partial charge in [0.2, 0.25) is 11.7 Å². The largest absolute Gasteiger partial charge is 0.483 e. The quantitative estimate of drug-likeness (QED) is 0.400. The average molecular weight is 509 g/mol. The molecule has 0 bridgehead atoms. The summed E-state index contributed by atoms with van der Waals surface area (Å²) in [6, 6.07) is 9.51. The molecule has 2 aromatic heterocycles. The summed E-state index contributed by atoms with van der Waals surface area (Å²) in [5, 5.41) is 7.31. The molecule has 37 heavy (non-hydrogen) atoms. The first-order valence-corrected chi connectivity index (χ1v) is 12.1. The maximum absolute atomic E-state index is 13.6. The van der Waals surface area contributed by atoms with E-state index >= 15 is 0 Å². The molecule has 5 rings (SSSR count). The normalized spacial score (nSPS) is 14.2. The number of nitrogens with one attached hydrogen (secondary N) is 1. The molecule has 0 atom stereocenters. The van der Waals surface area contributed by atoms with Gasteiger partial charge in [-0.3, -0.25) is 4.79 Å². The van der Waals surface area contributed by atoms with Crippen molar-refractivity contribution in [2.24, 2.45) is 0 Å². The van der Waals surface area contributed by atoms with Crippen molar-refractivity contribution in [3.05, 3.63) is 59.5 Å². The number of carbonyl (C=O) groups is 1. The molecular weight excluding hydrogens is 479 g/mol. The topological polar surface area (TPSA) is 103 Å². The van der Waals surface area contributed by atoms with E-state index in [9.17, 15) is 9.18 Å². The summed E-state index contributed by atoms with van der Waals surface area (Å²) in [5.74, 6) is 1.15. The summed E-state index contributed by atoms with van der Waals surface area (Å²) in [7, 11) is 1.55. The van der Waals surface area contributed by atoms with E-state index in [4.69, 9.17) is 18.4 Å². The van der Waals surface area contributed by atoms with E-state index in [1.807, 2.05) is 26.8 Å². The van der Waals surface area contributed by atoms with E-state index in [2.05, 4.69) is 20.4 Å². The van der Waals surface area contributed by atoms with Crippen LogP contribution >= 0.6 is 0 Å². The molecule has 9 nitrogen and oxygen atoms in total. The monoisotopic (exact) mass is 508 g/mol. The Hall–Kier alpha value is -3.92. The van der Waals surface area contributed by atoms with E-state index in [-0.39, 0.29) is 23.7 Å². The van der Waals surface area contributed by atoms with Crippen LogP contribution in [0.2, 0.25) is 0 Å². The molecule has 1 aliphatic heterocycles. The molecular formula is C27H29FN4O5. The van der Waals surface area contributed by atoms with Crippen LogP contribution in [0.5, 0.6) is 5.75 Å². The van der Waals surface area contributed by atoms with E-state index < -0.39 is 0 Å². The molecule has 4 aromatic rings. The average Bonchev–Trinajstić information content (AvgIpc) is 3.52. The smallest absolute Gasteiger partial charge is 0.255 e. The summed E-state index contributed by atoms with van der Waals surface area (Å²) in [6.45, 7) is 8.58. The zero-order chi connectivity index (χ0) is 26.2. The number of anilines is 1. The summed E-state index contributed by atoms with van der Waals surface area (Å²) in [5.41, 5.74) is 1.98. The van der Waals surface area contributed by atoms with Crippen molar-refractivity contribution in [2.45, 2.75) is 32.8 Å². The van der Waals surface area contributed by atoms with Crippen molar-refractivity contribution in [3.8, 4) is 17.1 Å². The number of fused-ring (bicyclic) bond motifs is 1. The Morgan fingerprint density at radius 2 is 1.89 bits per heavy atom. The van der Waals surface area contributed by atoms with Crippen LogP contribution in [0.25, 0.3) is 22.3 Å². The minimum atomic E-state index is -0.372. The molecule has 0 aliphatic carbocycles. The number of morpholine rings is 1. The molecule has 194 valence electrons. The lowest BCUT2D eigenvalue weighted by Gasteiger charge is -2.30. The van der Waals surface area contributed by atoms with Gasteiger partial charge in [0.15, 0.2) is 6.61 Å². The Bertz CT molecular complexity index is 1420. The number of nitrogens with zero attached hydrogens (tertiary/aromatic N) is 3. The highest BCUT2D eigenvalue weighted by molar-refractivity contribution is 6.12. The zero-order valence-corrected chi connectivity index (χ0v) is 21.3. The van der Waals surface area contributed by atoms with E-state index in [1.165, 1.54) is 12.1 Å². The van der Waals surface area contributed by atoms with Gasteiger partial charge in [-0.1, -0.05) is 25.9 Å². The summed E-state index contributed by atoms with van der Waals surface area (Å²) in [4.78, 5) is 19.6. The maximum atomic E-state index is 13.6. The highest BCUT2D eigenvalue weighted by atomic mass is 19.1. The summed E-state index contributed by atoms with van der Waals surface area (Å²) in [6.07, 6.45) is 0. The Morgan fingerprint density at radius 3 is 2.54 bits per heavy atom. The number of benzene rings is 2. The van der Waals surface area contributed by atoms with E-state index in [0.717, 1.165) is 5.69 Å². The number of hydrogen-bond acceptors (Lipinski definition) is 8. The van der Waals surface area contributed by atoms with Crippen molar-refractivity contribution in [1.82, 2.24) is 15.5 Å². The molecule has 3 heterocycles. The molecule has 1 saturated heterocycles. The van der Waals surface area contributed by atoms with Crippen LogP contribution in [0.3, 0.4) is 0 Å². The van der Waals surface area contributed by atoms with Gasteiger partial charge in [-0.25, -0.2) is 4.39 Å². The predicted molar refractivity (Wildman–Crippen MR) is 135 cm³/mol. The molecule has 0 spiro atoms. The molecule has 1 fully saturated rings. The van der Waals surface area contributed by atoms with Crippen molar-refractivity contribution < 1.29 is 27.6 Å². The van der Waals surface area contributed by atoms with Crippen LogP contribution in [0.15, 0.2) is 45.3 Å². The first kappa shape index (κ1) is 24.8. The second kappa shape index (κ2) is 9.85. The maximum Gasteiger partial charge on any atom is 0.255 e. The fourth-order valence-corrected chi connectivity index (χ4v) is 4.19. The van der Waals surface area contributed by atoms with Crippen LogP contribution in [0.4, 0.5) is 10.1 Å². The van der Waals surface area contributed by atoms with Crippen molar-refractivity contribution in [1.29, 1.82) is 0 Å². The summed E-state index contributed by atoms with van der Waals surface area (Å²) >= 11 is 0. The lowest BCUT2D eigenvalue weighted by Crippen LogP contribution is -2.36. The van der Waals surface area contributed by atoms with Crippen LogP contribution in [0, 0.1) is 5.82 Å². The Morgan fingerprint density at radius 1 is 1.16 bits per heavy atom. The first-order chi connectivity index (χ1) is 17.7. The van der Waals surface area contributed by atoms with Gasteiger partial charge < -0.3 is 28.6 Å². The molecule has 1 aliphatic rings. The molecule has 10 heteroatoms. The number of amides is 1. The van der Waals surface area contributed by atoms with Crippen molar-refractivity contribution in [3.63, 3.8) is 0 Å². The molecule has 0 unspecified atom stereocenters. The number of aromatic nitrogens is 2. The molecule has 1 N–H and O–H groups in total. The minimum absolute atomic E-state index is 0.0837. The van der Waals surface area contributed by atoms with Gasteiger partial charge >= 0.3 is 0 Å². The SMILES string of the molecule is CNC(=O)c1c(-c2ccc(F)cc2)oc2cc(N3CCOCC3)c(OCc3noc(C(C)(C)C)n3)cc12. The number of rotatable bonds is 6. The van der Waals surface area contributed by atoms with Gasteiger partial charge in [0.1, 0.15) is 22.9 Å². The van der Waals surface area contributed by atoms with Gasteiger partial charge in [0.25, 0.3) is 5.91 Å². The highest BCUT2D eigenvalue weighted by Gasteiger charge is 2.26. The van der Waals surface area contributed by atoms with Crippen molar-refractivity contribution in [2.75, 3.05) is 38.3 Å². The molecule has 0 radical (unpaired) electrons. The van der Waals surface area contributed by atoms with Gasteiger partial charge in [-0.15, -0.1) is 0 Å². The summed E-state index contributed by atoms with van der Waals surface area (Å²) < 4.78 is 36.9. The number of hydrogen-bond donors (Lipinski definition) is 1. The predicted octanol–water partition coefficient (Wildman–Crippen LogP) is 4.69. The number of furan rings is 1. The minimum Gasteiger partial charge on any atom is -0.483 e. The molecule has 2 aromatic carbocycles. The standard InChI is InChI=1S/C27H29FN4O5/c1-27(2,3)26-30-22(31-37-26)15-35-21-13-18-20(14-19(21)32-9-11-34-12-10-32)36-24(23(18)25(33)29-4)16-5-7-17(28)8-6-16/h5-8,13-14H,9-12,15H2,1-4H3,(H,29,33). The zero-order valence-electron chi connectivity index (χ0n) is 21.3. The Kier molecular flexibility index (Phi) is 6.59. The Balaban J connectivity index is 1.60. The number of carbonyl (C=O) groups excluding carboxylic acids is 1. The van der Waals surface area contributed by atoms with Gasteiger partial charge in [0.05, 0.1) is 24.5 Å². The van der Waals surface area contributed by atoms with Crippen LogP contribution < -0.4 is 15.0 Å². The number of halogens is 1. The fraction of sp³-hybridized carbons (Fsp3) is 0.370. The third-order valence-electron chi connectivity index (χ3n) is 6.15. The van der Waals surface area contributed by atoms with Crippen LogP contribution in [-0.4, -0.2) is 49.4 Å². The highest BCUT2D eigenvalue weighted by Crippen LogP contribution is 2.41. The van der Waals surface area contributed by atoms with E-state index in [1.54, 1.807) is 25.2 Å². The second-order valence-electron chi connectivity index (χ2n) is 9.86.